The molecule has 26 heavy (non-hydrogen) atoms. The van der Waals surface area contributed by atoms with E-state index in [2.05, 4.69) is 66.6 Å². The average molecular weight is 343 g/mol. The van der Waals surface area contributed by atoms with E-state index in [0.717, 1.165) is 33.4 Å². The maximum Gasteiger partial charge on any atom is 0.0736 e. The summed E-state index contributed by atoms with van der Waals surface area (Å²) in [6, 6.07) is 8.64. The minimum absolute atomic E-state index is 0.784. The summed E-state index contributed by atoms with van der Waals surface area (Å²) >= 11 is 0. The van der Waals surface area contributed by atoms with E-state index in [1.165, 1.54) is 22.3 Å². The van der Waals surface area contributed by atoms with Crippen LogP contribution in [-0.2, 0) is 0 Å². The molecule has 3 nitrogen and oxygen atoms in total. The van der Waals surface area contributed by atoms with Crippen LogP contribution in [0.3, 0.4) is 0 Å². The van der Waals surface area contributed by atoms with E-state index in [9.17, 15) is 0 Å². The highest BCUT2D eigenvalue weighted by atomic mass is 14.8. The molecule has 132 valence electrons. The van der Waals surface area contributed by atoms with Gasteiger partial charge in [0.05, 0.1) is 11.4 Å². The third-order valence-electron chi connectivity index (χ3n) is 4.58. The van der Waals surface area contributed by atoms with Crippen LogP contribution in [0.5, 0.6) is 0 Å². The molecule has 0 saturated heterocycles. The molecule has 0 atom stereocenters. The number of allylic oxidation sites excluding steroid dienone is 2. The van der Waals surface area contributed by atoms with Gasteiger partial charge in [-0.25, -0.2) is 4.99 Å². The molecule has 0 fully saturated rings. The zero-order valence-electron chi connectivity index (χ0n) is 16.1. The minimum Gasteiger partial charge on any atom is -0.355 e. The highest BCUT2D eigenvalue weighted by Gasteiger charge is 2.17. The number of aryl methyl sites for hydroxylation is 3. The second kappa shape index (κ2) is 7.12. The Morgan fingerprint density at radius 1 is 1.12 bits per heavy atom. The molecule has 2 heterocycles. The maximum absolute atomic E-state index is 4.65. The number of benzene rings is 1. The Morgan fingerprint density at radius 3 is 2.38 bits per heavy atom. The standard InChI is InChI=1S/C23H25N3/c1-14-11-15(2)22(16(3)12-14)23(20-9-7-17(4)25-20)21-10-8-19(26-21)13-18(5)24-6/h7-13,26H,4H2,1-3,5-6H3/b19-13-,23-21+,24-18+. The normalized spacial score (nSPS) is 16.3. The van der Waals surface area contributed by atoms with Gasteiger partial charge in [0.15, 0.2) is 0 Å². The van der Waals surface area contributed by atoms with Gasteiger partial charge in [0.25, 0.3) is 0 Å². The Kier molecular flexibility index (Phi) is 4.90. The summed E-state index contributed by atoms with van der Waals surface area (Å²) in [4.78, 5) is 12.4. The first-order valence-electron chi connectivity index (χ1n) is 8.78. The van der Waals surface area contributed by atoms with E-state index >= 15 is 0 Å². The third kappa shape index (κ3) is 3.52. The number of aromatic nitrogens is 1. The molecule has 1 N–H and O–H groups in total. The summed E-state index contributed by atoms with van der Waals surface area (Å²) in [5.41, 5.74) is 8.81. The van der Waals surface area contributed by atoms with Crippen molar-refractivity contribution in [2.24, 2.45) is 9.98 Å². The topological polar surface area (TPSA) is 40.5 Å². The molecule has 1 aromatic carbocycles. The van der Waals surface area contributed by atoms with Gasteiger partial charge < -0.3 is 4.98 Å². The van der Waals surface area contributed by atoms with Gasteiger partial charge in [0.2, 0.25) is 0 Å². The summed E-state index contributed by atoms with van der Waals surface area (Å²) in [5.74, 6) is 0. The highest BCUT2D eigenvalue weighted by molar-refractivity contribution is 6.30. The number of hydrogen-bond acceptors (Lipinski definition) is 2. The van der Waals surface area contributed by atoms with Crippen molar-refractivity contribution >= 4 is 23.1 Å². The summed E-state index contributed by atoms with van der Waals surface area (Å²) in [6.45, 7) is 12.4. The predicted octanol–water partition coefficient (Wildman–Crippen LogP) is 3.53. The lowest BCUT2D eigenvalue weighted by Gasteiger charge is -2.14. The number of nitrogens with zero attached hydrogens (tertiary/aromatic N) is 2. The zero-order valence-corrected chi connectivity index (χ0v) is 16.1. The molecule has 0 spiro atoms. The van der Waals surface area contributed by atoms with Crippen LogP contribution in [0, 0.1) is 20.8 Å². The van der Waals surface area contributed by atoms with Crippen molar-refractivity contribution in [2.75, 3.05) is 7.05 Å². The van der Waals surface area contributed by atoms with Gasteiger partial charge in [-0.15, -0.1) is 0 Å². The fraction of sp³-hybridized carbons (Fsp3) is 0.217. The molecular formula is C23H25N3. The van der Waals surface area contributed by atoms with Crippen molar-refractivity contribution in [3.63, 3.8) is 0 Å². The number of rotatable bonds is 3. The average Bonchev–Trinajstić information content (AvgIpc) is 3.19. The molecule has 0 saturated carbocycles. The molecule has 1 aliphatic heterocycles. The molecule has 3 heteroatoms. The van der Waals surface area contributed by atoms with Gasteiger partial charge in [0, 0.05) is 29.0 Å². The Hall–Kier alpha value is -2.94. The van der Waals surface area contributed by atoms with Crippen molar-refractivity contribution in [2.45, 2.75) is 27.7 Å². The monoisotopic (exact) mass is 343 g/mol. The quantitative estimate of drug-likeness (QED) is 0.829. The van der Waals surface area contributed by atoms with E-state index in [1.54, 1.807) is 7.05 Å². The van der Waals surface area contributed by atoms with Gasteiger partial charge in [-0.2, -0.15) is 0 Å². The van der Waals surface area contributed by atoms with Crippen LogP contribution >= 0.6 is 0 Å². The van der Waals surface area contributed by atoms with Crippen LogP contribution in [0.2, 0.25) is 0 Å². The largest absolute Gasteiger partial charge is 0.355 e. The second-order valence-corrected chi connectivity index (χ2v) is 6.81. The smallest absolute Gasteiger partial charge is 0.0736 e. The van der Waals surface area contributed by atoms with E-state index < -0.39 is 0 Å². The van der Waals surface area contributed by atoms with E-state index in [1.807, 2.05) is 25.2 Å². The number of H-pyrrole nitrogens is 1. The first-order valence-corrected chi connectivity index (χ1v) is 8.78. The Balaban J connectivity index is 2.35. The van der Waals surface area contributed by atoms with Crippen molar-refractivity contribution in [3.8, 4) is 0 Å². The third-order valence-corrected chi connectivity index (χ3v) is 4.58. The Morgan fingerprint density at radius 2 is 1.81 bits per heavy atom. The molecule has 2 aromatic rings. The first-order chi connectivity index (χ1) is 12.4. The van der Waals surface area contributed by atoms with Gasteiger partial charge in [0.1, 0.15) is 0 Å². The van der Waals surface area contributed by atoms with Gasteiger partial charge >= 0.3 is 0 Å². The molecule has 3 rings (SSSR count). The molecule has 0 radical (unpaired) electrons. The van der Waals surface area contributed by atoms with Crippen molar-refractivity contribution in [1.29, 1.82) is 0 Å². The van der Waals surface area contributed by atoms with Gasteiger partial charge in [-0.1, -0.05) is 24.3 Å². The van der Waals surface area contributed by atoms with E-state index in [4.69, 9.17) is 0 Å². The van der Waals surface area contributed by atoms with Crippen molar-refractivity contribution in [3.05, 3.63) is 81.6 Å². The number of aliphatic imine (C=N–C) groups is 2. The SMILES string of the molecule is C=C1C=CC(/C(c2c(C)cc(C)cc2C)=c2/cc/c(=C/C(C)=N/C)[nH]2)=N1. The summed E-state index contributed by atoms with van der Waals surface area (Å²) in [6.07, 6.45) is 6.04. The fourth-order valence-electron chi connectivity index (χ4n) is 3.45. The predicted molar refractivity (Wildman–Crippen MR) is 112 cm³/mol. The van der Waals surface area contributed by atoms with Crippen molar-refractivity contribution in [1.82, 2.24) is 4.98 Å². The maximum atomic E-state index is 4.65. The Labute approximate surface area is 154 Å². The summed E-state index contributed by atoms with van der Waals surface area (Å²) < 4.78 is 0. The van der Waals surface area contributed by atoms with Crippen LogP contribution in [0.4, 0.5) is 0 Å². The van der Waals surface area contributed by atoms with Crippen LogP contribution in [-0.4, -0.2) is 23.5 Å². The number of hydrogen-bond donors (Lipinski definition) is 1. The van der Waals surface area contributed by atoms with Gasteiger partial charge in [-0.3, -0.25) is 4.99 Å². The molecule has 0 bridgehead atoms. The lowest BCUT2D eigenvalue weighted by Crippen LogP contribution is -2.19. The van der Waals surface area contributed by atoms with Gasteiger partial charge in [-0.05, 0) is 74.7 Å². The van der Waals surface area contributed by atoms with Crippen LogP contribution in [0.25, 0.3) is 11.6 Å². The van der Waals surface area contributed by atoms with Crippen LogP contribution < -0.4 is 10.7 Å². The molecule has 0 amide bonds. The number of nitrogens with one attached hydrogen (secondary N) is 1. The lowest BCUT2D eigenvalue weighted by atomic mass is 9.91. The minimum atomic E-state index is 0.784. The number of aromatic amines is 1. The zero-order chi connectivity index (χ0) is 18.8. The molecule has 0 unspecified atom stereocenters. The Bertz CT molecular complexity index is 1070. The fourth-order valence-corrected chi connectivity index (χ4v) is 3.45. The highest BCUT2D eigenvalue weighted by Crippen LogP contribution is 2.26. The molecule has 1 aromatic heterocycles. The van der Waals surface area contributed by atoms with Crippen LogP contribution in [0.15, 0.2) is 58.7 Å². The second-order valence-electron chi connectivity index (χ2n) is 6.81. The van der Waals surface area contributed by atoms with Crippen LogP contribution in [0.1, 0.15) is 29.2 Å². The lowest BCUT2D eigenvalue weighted by molar-refractivity contribution is 1.24. The van der Waals surface area contributed by atoms with E-state index in [-0.39, 0.29) is 0 Å². The summed E-state index contributed by atoms with van der Waals surface area (Å²) in [7, 11) is 1.80. The first kappa shape index (κ1) is 17.9. The molecule has 1 aliphatic rings. The van der Waals surface area contributed by atoms with Crippen molar-refractivity contribution < 1.29 is 0 Å². The molecular weight excluding hydrogens is 318 g/mol. The molecule has 0 aliphatic carbocycles. The summed E-state index contributed by atoms with van der Waals surface area (Å²) in [5, 5.41) is 2.08. The van der Waals surface area contributed by atoms with E-state index in [0.29, 0.717) is 0 Å².